The number of H-pyrrole nitrogens is 1. The molecule has 0 saturated carbocycles. The van der Waals surface area contributed by atoms with Crippen molar-refractivity contribution in [2.75, 3.05) is 11.9 Å². The first-order chi connectivity index (χ1) is 9.13. The molecule has 0 saturated heterocycles. The van der Waals surface area contributed by atoms with Gasteiger partial charge in [0.25, 0.3) is 0 Å². The van der Waals surface area contributed by atoms with Gasteiger partial charge in [-0.15, -0.1) is 0 Å². The monoisotopic (exact) mass is 281 g/mol. The Hall–Kier alpha value is -1.93. The summed E-state index contributed by atoms with van der Waals surface area (Å²) in [5, 5.41) is 2.99. The van der Waals surface area contributed by atoms with E-state index in [1.54, 1.807) is 24.7 Å². The zero-order valence-corrected chi connectivity index (χ0v) is 11.2. The summed E-state index contributed by atoms with van der Waals surface area (Å²) in [7, 11) is -3.62. The Balaban J connectivity index is 2.19. The second-order valence-electron chi connectivity index (χ2n) is 3.76. The molecule has 102 valence electrons. The minimum absolute atomic E-state index is 0.107. The van der Waals surface area contributed by atoms with E-state index in [2.05, 4.69) is 25.0 Å². The van der Waals surface area contributed by atoms with Crippen LogP contribution in [-0.4, -0.2) is 29.9 Å². The van der Waals surface area contributed by atoms with Gasteiger partial charge >= 0.3 is 0 Å². The van der Waals surface area contributed by atoms with E-state index in [-0.39, 0.29) is 11.4 Å². The molecule has 2 rings (SSSR count). The van der Waals surface area contributed by atoms with Crippen LogP contribution in [0.1, 0.15) is 12.7 Å². The molecule has 7 nitrogen and oxygen atoms in total. The molecule has 0 aromatic carbocycles. The molecule has 0 amide bonds. The number of pyridine rings is 1. The molecular weight excluding hydrogens is 266 g/mol. The standard InChI is InChI=1S/C11H15N5O2S/c1-2-13-9-3-4-12-7-10(9)19(17,18)16-8-11-14-5-6-15-11/h3-7,16H,2,8H2,1H3,(H,12,13)(H,14,15). The molecule has 2 aromatic heterocycles. The van der Waals surface area contributed by atoms with Gasteiger partial charge in [-0.1, -0.05) is 0 Å². The Morgan fingerprint density at radius 3 is 2.89 bits per heavy atom. The summed E-state index contributed by atoms with van der Waals surface area (Å²) in [6.45, 7) is 2.63. The maximum atomic E-state index is 12.2. The van der Waals surface area contributed by atoms with Crippen molar-refractivity contribution < 1.29 is 8.42 Å². The van der Waals surface area contributed by atoms with Crippen molar-refractivity contribution in [1.82, 2.24) is 19.7 Å². The fraction of sp³-hybridized carbons (Fsp3) is 0.273. The number of sulfonamides is 1. The first-order valence-electron chi connectivity index (χ1n) is 5.79. The van der Waals surface area contributed by atoms with Gasteiger partial charge in [-0.05, 0) is 13.0 Å². The number of anilines is 1. The molecule has 2 heterocycles. The van der Waals surface area contributed by atoms with Crippen LogP contribution in [0.5, 0.6) is 0 Å². The van der Waals surface area contributed by atoms with Gasteiger partial charge in [-0.2, -0.15) is 0 Å². The second kappa shape index (κ2) is 5.81. The van der Waals surface area contributed by atoms with Crippen molar-refractivity contribution in [3.63, 3.8) is 0 Å². The van der Waals surface area contributed by atoms with Gasteiger partial charge in [0.1, 0.15) is 10.7 Å². The molecule has 0 fully saturated rings. The van der Waals surface area contributed by atoms with Gasteiger partial charge in [0.05, 0.1) is 12.2 Å². The van der Waals surface area contributed by atoms with Crippen molar-refractivity contribution in [3.05, 3.63) is 36.7 Å². The molecule has 0 aliphatic heterocycles. The minimum Gasteiger partial charge on any atom is -0.384 e. The Labute approximate surface area is 111 Å². The van der Waals surface area contributed by atoms with Gasteiger partial charge in [0.15, 0.2) is 0 Å². The number of aromatic nitrogens is 3. The highest BCUT2D eigenvalue weighted by Gasteiger charge is 2.18. The average molecular weight is 281 g/mol. The molecule has 0 aliphatic carbocycles. The van der Waals surface area contributed by atoms with Crippen molar-refractivity contribution >= 4 is 15.7 Å². The lowest BCUT2D eigenvalue weighted by Gasteiger charge is -2.11. The van der Waals surface area contributed by atoms with Crippen LogP contribution in [0.15, 0.2) is 35.7 Å². The van der Waals surface area contributed by atoms with E-state index in [4.69, 9.17) is 0 Å². The van der Waals surface area contributed by atoms with Crippen molar-refractivity contribution in [2.45, 2.75) is 18.4 Å². The highest BCUT2D eigenvalue weighted by molar-refractivity contribution is 7.89. The van der Waals surface area contributed by atoms with E-state index in [1.807, 2.05) is 6.92 Å². The van der Waals surface area contributed by atoms with Crippen molar-refractivity contribution in [3.8, 4) is 0 Å². The van der Waals surface area contributed by atoms with Crippen LogP contribution in [0.2, 0.25) is 0 Å². The van der Waals surface area contributed by atoms with Crippen LogP contribution in [-0.2, 0) is 16.6 Å². The third-order valence-electron chi connectivity index (χ3n) is 2.43. The maximum Gasteiger partial charge on any atom is 0.244 e. The number of nitrogens with one attached hydrogen (secondary N) is 3. The molecule has 0 aliphatic rings. The Bertz CT molecular complexity index is 624. The number of rotatable bonds is 6. The van der Waals surface area contributed by atoms with E-state index in [0.717, 1.165) is 0 Å². The number of hydrogen-bond donors (Lipinski definition) is 3. The van der Waals surface area contributed by atoms with Gasteiger partial charge in [-0.25, -0.2) is 18.1 Å². The molecule has 0 atom stereocenters. The third-order valence-corrected chi connectivity index (χ3v) is 3.85. The molecule has 0 radical (unpaired) electrons. The molecule has 0 unspecified atom stereocenters. The minimum atomic E-state index is -3.62. The lowest BCUT2D eigenvalue weighted by Crippen LogP contribution is -2.25. The Morgan fingerprint density at radius 1 is 1.37 bits per heavy atom. The maximum absolute atomic E-state index is 12.2. The van der Waals surface area contributed by atoms with Gasteiger partial charge in [0.2, 0.25) is 10.0 Å². The largest absolute Gasteiger partial charge is 0.384 e. The number of hydrogen-bond acceptors (Lipinski definition) is 5. The Kier molecular flexibility index (Phi) is 4.13. The SMILES string of the molecule is CCNc1ccncc1S(=O)(=O)NCc1ncc[nH]1. The molecule has 0 bridgehead atoms. The fourth-order valence-corrected chi connectivity index (χ4v) is 2.68. The number of imidazole rings is 1. The average Bonchev–Trinajstić information content (AvgIpc) is 2.91. The summed E-state index contributed by atoms with van der Waals surface area (Å²) in [6, 6.07) is 1.63. The second-order valence-corrected chi connectivity index (χ2v) is 5.50. The van der Waals surface area contributed by atoms with Crippen LogP contribution < -0.4 is 10.0 Å². The third kappa shape index (κ3) is 3.30. The first kappa shape index (κ1) is 13.5. The quantitative estimate of drug-likeness (QED) is 0.724. The smallest absolute Gasteiger partial charge is 0.244 e. The van der Waals surface area contributed by atoms with E-state index in [1.165, 1.54) is 6.20 Å². The van der Waals surface area contributed by atoms with Crippen LogP contribution in [0.3, 0.4) is 0 Å². The summed E-state index contributed by atoms with van der Waals surface area (Å²) in [4.78, 5) is 10.8. The summed E-state index contributed by atoms with van der Waals surface area (Å²) >= 11 is 0. The van der Waals surface area contributed by atoms with E-state index in [9.17, 15) is 8.42 Å². The Morgan fingerprint density at radius 2 is 2.21 bits per heavy atom. The predicted octanol–water partition coefficient (Wildman–Crippen LogP) is 0.715. The highest BCUT2D eigenvalue weighted by Crippen LogP contribution is 2.19. The van der Waals surface area contributed by atoms with Crippen molar-refractivity contribution in [1.29, 1.82) is 0 Å². The molecule has 3 N–H and O–H groups in total. The predicted molar refractivity (Wildman–Crippen MR) is 71.0 cm³/mol. The molecule has 2 aromatic rings. The topological polar surface area (TPSA) is 99.8 Å². The van der Waals surface area contributed by atoms with E-state index in [0.29, 0.717) is 18.1 Å². The van der Waals surface area contributed by atoms with E-state index < -0.39 is 10.0 Å². The number of aromatic amines is 1. The van der Waals surface area contributed by atoms with Gasteiger partial charge in [0, 0.05) is 31.3 Å². The van der Waals surface area contributed by atoms with Crippen LogP contribution in [0, 0.1) is 0 Å². The lowest BCUT2D eigenvalue weighted by atomic mass is 10.4. The molecular formula is C11H15N5O2S. The van der Waals surface area contributed by atoms with Crippen LogP contribution in [0.4, 0.5) is 5.69 Å². The van der Waals surface area contributed by atoms with Gasteiger partial charge < -0.3 is 10.3 Å². The zero-order chi connectivity index (χ0) is 13.7. The van der Waals surface area contributed by atoms with Crippen molar-refractivity contribution in [2.24, 2.45) is 0 Å². The summed E-state index contributed by atoms with van der Waals surface area (Å²) in [5.41, 5.74) is 0.532. The summed E-state index contributed by atoms with van der Waals surface area (Å²) in [6.07, 6.45) is 6.07. The molecule has 8 heteroatoms. The fourth-order valence-electron chi connectivity index (χ4n) is 1.57. The number of nitrogens with zero attached hydrogens (tertiary/aromatic N) is 2. The summed E-state index contributed by atoms with van der Waals surface area (Å²) < 4.78 is 26.9. The van der Waals surface area contributed by atoms with Crippen LogP contribution in [0.25, 0.3) is 0 Å². The van der Waals surface area contributed by atoms with Gasteiger partial charge in [-0.3, -0.25) is 4.98 Å². The molecule has 19 heavy (non-hydrogen) atoms. The zero-order valence-electron chi connectivity index (χ0n) is 10.4. The molecule has 0 spiro atoms. The summed E-state index contributed by atoms with van der Waals surface area (Å²) in [5.74, 6) is 0.553. The normalized spacial score (nSPS) is 11.4. The highest BCUT2D eigenvalue weighted by atomic mass is 32.2. The first-order valence-corrected chi connectivity index (χ1v) is 7.27. The lowest BCUT2D eigenvalue weighted by molar-refractivity contribution is 0.579. The van der Waals surface area contributed by atoms with Crippen LogP contribution >= 0.6 is 0 Å². The van der Waals surface area contributed by atoms with E-state index >= 15 is 0 Å².